The third-order valence-electron chi connectivity index (χ3n) is 4.75. The van der Waals surface area contributed by atoms with Gasteiger partial charge in [0.1, 0.15) is 5.82 Å². The molecule has 0 radical (unpaired) electrons. The lowest BCUT2D eigenvalue weighted by Gasteiger charge is -2.34. The second-order valence-electron chi connectivity index (χ2n) is 6.50. The third-order valence-corrected chi connectivity index (χ3v) is 4.75. The number of piperidine rings is 1. The summed E-state index contributed by atoms with van der Waals surface area (Å²) < 4.78 is 13.0. The lowest BCUT2D eigenvalue weighted by Crippen LogP contribution is -2.39. The molecule has 24 heavy (non-hydrogen) atoms. The number of benzene rings is 2. The number of aliphatic hydroxyl groups is 1. The molecule has 1 aliphatic heterocycles. The van der Waals surface area contributed by atoms with E-state index in [1.54, 1.807) is 12.1 Å². The number of hydrogen-bond acceptors (Lipinski definition) is 2. The number of carbonyl (C=O) groups is 1. The van der Waals surface area contributed by atoms with Crippen LogP contribution in [0.3, 0.4) is 0 Å². The first-order valence-corrected chi connectivity index (χ1v) is 8.34. The summed E-state index contributed by atoms with van der Waals surface area (Å²) in [6.45, 7) is 3.24. The van der Waals surface area contributed by atoms with E-state index in [4.69, 9.17) is 0 Å². The summed E-state index contributed by atoms with van der Waals surface area (Å²) in [7, 11) is 0. The number of likely N-dealkylation sites (tertiary alicyclic amines) is 1. The van der Waals surface area contributed by atoms with Gasteiger partial charge in [-0.15, -0.1) is 0 Å². The molecule has 126 valence electrons. The van der Waals surface area contributed by atoms with E-state index in [0.717, 1.165) is 24.0 Å². The zero-order chi connectivity index (χ0) is 17.1. The molecule has 1 atom stereocenters. The normalized spacial score (nSPS) is 16.9. The second kappa shape index (κ2) is 7.14. The smallest absolute Gasteiger partial charge is 0.253 e. The molecule has 0 aromatic heterocycles. The summed E-state index contributed by atoms with van der Waals surface area (Å²) in [6.07, 6.45) is 0.883. The average molecular weight is 327 g/mol. The Labute approximate surface area is 141 Å². The van der Waals surface area contributed by atoms with Crippen molar-refractivity contribution in [2.24, 2.45) is 5.92 Å². The van der Waals surface area contributed by atoms with Crippen LogP contribution in [-0.2, 0) is 0 Å². The summed E-state index contributed by atoms with van der Waals surface area (Å²) in [5, 5.41) is 10.5. The van der Waals surface area contributed by atoms with Crippen molar-refractivity contribution in [3.05, 3.63) is 71.0 Å². The third kappa shape index (κ3) is 3.65. The van der Waals surface area contributed by atoms with Crippen molar-refractivity contribution in [3.63, 3.8) is 0 Å². The standard InChI is InChI=1S/C20H22FNO2/c1-14-3-2-4-17(13-14)20(24)22-11-9-16(10-12-22)19(23)15-5-7-18(21)8-6-15/h2-8,13,16,19,23H,9-12H2,1H3. The van der Waals surface area contributed by atoms with Crippen molar-refractivity contribution in [3.8, 4) is 0 Å². The van der Waals surface area contributed by atoms with Crippen LogP contribution >= 0.6 is 0 Å². The number of hydrogen-bond donors (Lipinski definition) is 1. The number of carbonyl (C=O) groups excluding carboxylic acids is 1. The number of halogens is 1. The van der Waals surface area contributed by atoms with Crippen molar-refractivity contribution >= 4 is 5.91 Å². The Bertz CT molecular complexity index is 706. The van der Waals surface area contributed by atoms with Crippen LogP contribution in [0.4, 0.5) is 4.39 Å². The van der Waals surface area contributed by atoms with E-state index in [1.807, 2.05) is 36.1 Å². The van der Waals surface area contributed by atoms with Crippen LogP contribution in [-0.4, -0.2) is 29.0 Å². The van der Waals surface area contributed by atoms with E-state index >= 15 is 0 Å². The molecule has 3 rings (SSSR count). The molecule has 0 aliphatic carbocycles. The summed E-state index contributed by atoms with van der Waals surface area (Å²) in [4.78, 5) is 14.4. The zero-order valence-electron chi connectivity index (χ0n) is 13.8. The largest absolute Gasteiger partial charge is 0.388 e. The minimum atomic E-state index is -0.609. The van der Waals surface area contributed by atoms with E-state index in [-0.39, 0.29) is 17.6 Å². The van der Waals surface area contributed by atoms with Crippen molar-refractivity contribution in [2.75, 3.05) is 13.1 Å². The maximum atomic E-state index is 13.0. The van der Waals surface area contributed by atoms with Gasteiger partial charge in [0.05, 0.1) is 6.10 Å². The fourth-order valence-corrected chi connectivity index (χ4v) is 3.31. The maximum Gasteiger partial charge on any atom is 0.253 e. The van der Waals surface area contributed by atoms with Gasteiger partial charge in [-0.2, -0.15) is 0 Å². The van der Waals surface area contributed by atoms with E-state index in [1.165, 1.54) is 12.1 Å². The van der Waals surface area contributed by atoms with Gasteiger partial charge in [-0.1, -0.05) is 29.8 Å². The first kappa shape index (κ1) is 16.7. The minimum Gasteiger partial charge on any atom is -0.388 e. The fourth-order valence-electron chi connectivity index (χ4n) is 3.31. The fraction of sp³-hybridized carbons (Fsp3) is 0.350. The summed E-state index contributed by atoms with van der Waals surface area (Å²) in [6, 6.07) is 13.6. The zero-order valence-corrected chi connectivity index (χ0v) is 13.8. The first-order valence-electron chi connectivity index (χ1n) is 8.34. The van der Waals surface area contributed by atoms with Gasteiger partial charge in [0.15, 0.2) is 0 Å². The molecule has 1 aliphatic rings. The van der Waals surface area contributed by atoms with Gasteiger partial charge < -0.3 is 10.0 Å². The van der Waals surface area contributed by atoms with Crippen molar-refractivity contribution in [1.82, 2.24) is 4.90 Å². The Hall–Kier alpha value is -2.20. The first-order chi connectivity index (χ1) is 11.5. The minimum absolute atomic E-state index is 0.0495. The summed E-state index contributed by atoms with van der Waals surface area (Å²) in [5.74, 6) is -0.157. The van der Waals surface area contributed by atoms with E-state index in [9.17, 15) is 14.3 Å². The van der Waals surface area contributed by atoms with Gasteiger partial charge in [0.25, 0.3) is 5.91 Å². The Kier molecular flexibility index (Phi) is 4.95. The molecule has 2 aromatic rings. The highest BCUT2D eigenvalue weighted by molar-refractivity contribution is 5.94. The Balaban J connectivity index is 1.61. The number of aryl methyl sites for hydroxylation is 1. The number of amides is 1. The summed E-state index contributed by atoms with van der Waals surface area (Å²) >= 11 is 0. The van der Waals surface area contributed by atoms with Crippen LogP contribution in [0.15, 0.2) is 48.5 Å². The van der Waals surface area contributed by atoms with Crippen molar-refractivity contribution < 1.29 is 14.3 Å². The molecule has 4 heteroatoms. The van der Waals surface area contributed by atoms with Crippen molar-refractivity contribution in [1.29, 1.82) is 0 Å². The predicted octanol–water partition coefficient (Wildman–Crippen LogP) is 3.72. The van der Waals surface area contributed by atoms with E-state index in [2.05, 4.69) is 0 Å². The van der Waals surface area contributed by atoms with Gasteiger partial charge in [0.2, 0.25) is 0 Å². The Morgan fingerprint density at radius 3 is 2.46 bits per heavy atom. The van der Waals surface area contributed by atoms with Gasteiger partial charge in [0, 0.05) is 18.7 Å². The molecule has 0 bridgehead atoms. The van der Waals surface area contributed by atoms with Crippen LogP contribution in [0.5, 0.6) is 0 Å². The molecule has 1 saturated heterocycles. The molecule has 1 unspecified atom stereocenters. The molecule has 1 fully saturated rings. The second-order valence-corrected chi connectivity index (χ2v) is 6.50. The van der Waals surface area contributed by atoms with Crippen LogP contribution in [0.1, 0.15) is 40.4 Å². The van der Waals surface area contributed by atoms with Gasteiger partial charge in [-0.3, -0.25) is 4.79 Å². The molecule has 2 aromatic carbocycles. The molecule has 1 amide bonds. The van der Waals surface area contributed by atoms with E-state index < -0.39 is 6.10 Å². The van der Waals surface area contributed by atoms with Crippen LogP contribution < -0.4 is 0 Å². The van der Waals surface area contributed by atoms with Crippen LogP contribution in [0, 0.1) is 18.7 Å². The highest BCUT2D eigenvalue weighted by atomic mass is 19.1. The molecule has 1 N–H and O–H groups in total. The van der Waals surface area contributed by atoms with Gasteiger partial charge in [-0.25, -0.2) is 4.39 Å². The number of aliphatic hydroxyl groups excluding tert-OH is 1. The van der Waals surface area contributed by atoms with Crippen LogP contribution in [0.25, 0.3) is 0 Å². The highest BCUT2D eigenvalue weighted by Gasteiger charge is 2.28. The quantitative estimate of drug-likeness (QED) is 0.933. The van der Waals surface area contributed by atoms with Crippen LogP contribution in [0.2, 0.25) is 0 Å². The average Bonchev–Trinajstić information content (AvgIpc) is 2.61. The predicted molar refractivity (Wildman–Crippen MR) is 91.2 cm³/mol. The van der Waals surface area contributed by atoms with Crippen molar-refractivity contribution in [2.45, 2.75) is 25.9 Å². The molecule has 3 nitrogen and oxygen atoms in total. The maximum absolute atomic E-state index is 13.0. The van der Waals surface area contributed by atoms with Gasteiger partial charge >= 0.3 is 0 Å². The molecular formula is C20H22FNO2. The molecule has 1 heterocycles. The molecule has 0 spiro atoms. The topological polar surface area (TPSA) is 40.5 Å². The van der Waals surface area contributed by atoms with E-state index in [0.29, 0.717) is 18.7 Å². The lowest BCUT2D eigenvalue weighted by molar-refractivity contribution is 0.0462. The summed E-state index contributed by atoms with van der Waals surface area (Å²) in [5.41, 5.74) is 2.52. The number of nitrogens with zero attached hydrogens (tertiary/aromatic N) is 1. The SMILES string of the molecule is Cc1cccc(C(=O)N2CCC(C(O)c3ccc(F)cc3)CC2)c1. The highest BCUT2D eigenvalue weighted by Crippen LogP contribution is 2.31. The monoisotopic (exact) mass is 327 g/mol. The lowest BCUT2D eigenvalue weighted by atomic mass is 9.87. The number of rotatable bonds is 3. The molecule has 0 saturated carbocycles. The Morgan fingerprint density at radius 1 is 1.17 bits per heavy atom. The van der Waals surface area contributed by atoms with Gasteiger partial charge in [-0.05, 0) is 55.5 Å². The molecular weight excluding hydrogens is 305 g/mol. The Morgan fingerprint density at radius 2 is 1.83 bits per heavy atom.